The molecule has 2 heterocycles. The number of likely N-dealkylation sites (N-methyl/N-ethyl adjacent to an activating group) is 1. The Kier molecular flexibility index (Phi) is 25.7. The molecule has 10 rings (SSSR count). The fourth-order valence-electron chi connectivity index (χ4n) is 13.8. The average molecular weight is 1500 g/mol. The lowest BCUT2D eigenvalue weighted by Crippen LogP contribution is -2.54. The molecule has 1 aliphatic heterocycles. The normalized spacial score (nSPS) is 14.3. The van der Waals surface area contributed by atoms with E-state index in [1.54, 1.807) is 24.2 Å². The number of nitrogens with one attached hydrogen (secondary N) is 5. The van der Waals surface area contributed by atoms with Crippen LogP contribution in [0.15, 0.2) is 230 Å². The molecule has 1 aliphatic rings. The van der Waals surface area contributed by atoms with E-state index in [1.807, 2.05) is 164 Å². The second-order valence-corrected chi connectivity index (χ2v) is 31.7. The molecule has 9 aromatic rings. The van der Waals surface area contributed by atoms with Crippen molar-refractivity contribution in [2.45, 2.75) is 92.2 Å². The number of anilines is 2. The largest absolute Gasteiger partial charge is 0.494 e. The van der Waals surface area contributed by atoms with Crippen molar-refractivity contribution in [1.82, 2.24) is 30.2 Å². The van der Waals surface area contributed by atoms with Crippen molar-refractivity contribution in [3.63, 3.8) is 0 Å². The van der Waals surface area contributed by atoms with Gasteiger partial charge in [-0.3, -0.25) is 37.6 Å². The number of thioether (sulfide) groups is 1. The first kappa shape index (κ1) is 77.6. The Hall–Kier alpha value is -10.0. The van der Waals surface area contributed by atoms with Gasteiger partial charge < -0.3 is 36.0 Å². The number of rotatable bonds is 36. The fourth-order valence-corrected chi connectivity index (χ4v) is 18.4. The zero-order chi connectivity index (χ0) is 74.9. The van der Waals surface area contributed by atoms with Crippen LogP contribution in [0, 0.1) is 19.8 Å². The third kappa shape index (κ3) is 19.5. The van der Waals surface area contributed by atoms with E-state index in [4.69, 9.17) is 9.72 Å². The lowest BCUT2D eigenvalue weighted by molar-refractivity contribution is -0.139. The Morgan fingerprint density at radius 1 is 0.657 bits per heavy atom. The number of aromatic nitrogens is 2. The lowest BCUT2D eigenvalue weighted by Gasteiger charge is -2.38. The highest BCUT2D eigenvalue weighted by Gasteiger charge is 2.42. The number of hydrogen-bond donors (Lipinski definition) is 8. The zero-order valence-corrected chi connectivity index (χ0v) is 61.3. The van der Waals surface area contributed by atoms with E-state index in [0.29, 0.717) is 17.2 Å². The Bertz CT molecular complexity index is 4640. The second-order valence-electron chi connectivity index (χ2n) is 25.9. The first-order valence-electron chi connectivity index (χ1n) is 34.1. The average Bonchev–Trinajstić information content (AvgIpc) is 1.71. The number of carboxylic acid groups (broad SMARTS) is 1. The quantitative estimate of drug-likeness (QED) is 0.0103. The molecule has 550 valence electrons. The van der Waals surface area contributed by atoms with Crippen LogP contribution in [-0.2, 0) is 66.3 Å². The third-order valence-electron chi connectivity index (χ3n) is 18.4. The standard InChI is InChI=1S/C78H84N8O15S4/c1-54-44-65(101-43-23-37-71(88)79-40-22-24-57(52-103(93,94)95)46-64(53-104(96,97)98)83-72(89)51-102-78(61-31-16-7-17-32-61,62-33-18-8-19-34-62)63-35-20-9-21-36-63)45-55(2)73(54)105(99,100)84-67(75(91)92)50-81-74(90)69-48-70(87)66-39-38-56(47-68(66)85(69)3)49-82-76-80-41-42-86(76)77(58-25-10-4-11-26-58,59-27-12-5-13-28-59)60-29-14-6-15-30-60/h4-21,25-36,38-39,41-42,44-45,47,57,64,67,69,84H,22-24,37,40,43,46,48-53H2,1-3H3,(H,79,88)(H,80,82)(H,81,90)(H,83,89)(H,91,92)(H,93,94,95)(H,96,97,98)/t57-,64-,67+,69?/m1/s1. The number of carboxylic acids is 1. The molecular formula is C78H84N8O15S4. The number of benzene rings is 8. The van der Waals surface area contributed by atoms with Crippen LogP contribution < -0.4 is 35.6 Å². The Balaban J connectivity index is 0.698. The van der Waals surface area contributed by atoms with E-state index in [9.17, 15) is 63.4 Å². The molecule has 0 spiro atoms. The van der Waals surface area contributed by atoms with Gasteiger partial charge in [0, 0.05) is 69.2 Å². The summed E-state index contributed by atoms with van der Waals surface area (Å²) in [5.41, 5.74) is 6.81. The summed E-state index contributed by atoms with van der Waals surface area (Å²) in [5.74, 6) is -5.60. The van der Waals surface area contributed by atoms with E-state index in [2.05, 4.69) is 67.0 Å². The molecule has 8 aromatic carbocycles. The van der Waals surface area contributed by atoms with Crippen LogP contribution in [-0.4, -0.2) is 141 Å². The minimum atomic E-state index is -4.72. The molecule has 27 heteroatoms. The minimum Gasteiger partial charge on any atom is -0.494 e. The van der Waals surface area contributed by atoms with E-state index in [1.165, 1.54) is 37.7 Å². The monoisotopic (exact) mass is 1500 g/mol. The zero-order valence-electron chi connectivity index (χ0n) is 58.1. The summed E-state index contributed by atoms with van der Waals surface area (Å²) in [7, 11) is -12.3. The van der Waals surface area contributed by atoms with E-state index in [-0.39, 0.29) is 97.4 Å². The van der Waals surface area contributed by atoms with Gasteiger partial charge in [0.15, 0.2) is 5.78 Å². The number of aliphatic carboxylic acids is 1. The first-order chi connectivity index (χ1) is 50.2. The number of Topliss-reactive ketones (excluding diaryl/α,β-unsaturated/α-hetero) is 1. The van der Waals surface area contributed by atoms with Crippen molar-refractivity contribution in [3.05, 3.63) is 280 Å². The summed E-state index contributed by atoms with van der Waals surface area (Å²) in [6.07, 6.45) is 3.58. The van der Waals surface area contributed by atoms with Gasteiger partial charge in [0.05, 0.1) is 33.5 Å². The second kappa shape index (κ2) is 34.7. The van der Waals surface area contributed by atoms with Gasteiger partial charge in [-0.15, -0.1) is 11.8 Å². The summed E-state index contributed by atoms with van der Waals surface area (Å²) < 4.78 is 107. The highest BCUT2D eigenvalue weighted by molar-refractivity contribution is 8.01. The first-order valence-corrected chi connectivity index (χ1v) is 39.8. The van der Waals surface area contributed by atoms with Gasteiger partial charge in [-0.05, 0) is 120 Å². The number of ether oxygens (including phenoxy) is 1. The molecule has 1 aromatic heterocycles. The number of amides is 3. The van der Waals surface area contributed by atoms with Crippen molar-refractivity contribution in [1.29, 1.82) is 0 Å². The summed E-state index contributed by atoms with van der Waals surface area (Å²) in [4.78, 5) is 73.5. The number of fused-ring (bicyclic) bond motifs is 1. The summed E-state index contributed by atoms with van der Waals surface area (Å²) >= 11 is 1.30. The molecule has 1 unspecified atom stereocenters. The SMILES string of the molecule is Cc1cc(OCCCC(=O)NCCC[C@H](C[C@H](CS(=O)(=O)O)NC(=O)CSC(c2ccccc2)(c2ccccc2)c2ccccc2)CS(=O)(=O)O)cc(C)c1S(=O)(=O)N[C@@H](CNC(=O)C1CC(=O)c2ccc(CNc3nccn3C(c3ccccc3)(c3ccccc3)c3ccccc3)cc2N1C)C(=O)O. The van der Waals surface area contributed by atoms with Crippen molar-refractivity contribution in [2.24, 2.45) is 5.92 Å². The predicted octanol–water partition coefficient (Wildman–Crippen LogP) is 9.94. The fraction of sp³-hybridized carbons (Fsp3) is 0.282. The van der Waals surface area contributed by atoms with E-state index in [0.717, 1.165) is 38.9 Å². The maximum Gasteiger partial charge on any atom is 0.323 e. The van der Waals surface area contributed by atoms with Crippen LogP contribution in [0.3, 0.4) is 0 Å². The number of sulfonamides is 1. The number of ketones is 1. The van der Waals surface area contributed by atoms with Crippen molar-refractivity contribution in [3.8, 4) is 5.75 Å². The molecule has 8 N–H and O–H groups in total. The molecular weight excluding hydrogens is 1420 g/mol. The molecule has 0 saturated carbocycles. The number of carbonyl (C=O) groups excluding carboxylic acids is 4. The molecule has 0 fully saturated rings. The smallest absolute Gasteiger partial charge is 0.323 e. The molecule has 3 amide bonds. The number of aryl methyl sites for hydroxylation is 2. The highest BCUT2D eigenvalue weighted by atomic mass is 32.2. The van der Waals surface area contributed by atoms with Crippen LogP contribution in [0.25, 0.3) is 0 Å². The molecule has 0 bridgehead atoms. The third-order valence-corrected chi connectivity index (χ3v) is 23.5. The summed E-state index contributed by atoms with van der Waals surface area (Å²) in [6, 6.07) is 63.2. The molecule has 0 radical (unpaired) electrons. The van der Waals surface area contributed by atoms with Gasteiger partial charge in [0.25, 0.3) is 20.2 Å². The molecule has 0 aliphatic carbocycles. The molecule has 105 heavy (non-hydrogen) atoms. The molecule has 0 saturated heterocycles. The number of imidazole rings is 1. The van der Waals surface area contributed by atoms with Crippen LogP contribution in [0.4, 0.5) is 11.6 Å². The van der Waals surface area contributed by atoms with Crippen LogP contribution in [0.5, 0.6) is 5.75 Å². The number of nitrogens with zero attached hydrogens (tertiary/aromatic N) is 3. The Morgan fingerprint density at radius 2 is 1.17 bits per heavy atom. The maximum atomic E-state index is 14.0. The van der Waals surface area contributed by atoms with Gasteiger partial charge in [-0.1, -0.05) is 188 Å². The Labute approximate surface area is 616 Å². The van der Waals surface area contributed by atoms with E-state index >= 15 is 0 Å². The molecule has 4 atom stereocenters. The van der Waals surface area contributed by atoms with Crippen LogP contribution >= 0.6 is 11.8 Å². The van der Waals surface area contributed by atoms with E-state index < -0.39 is 100 Å². The minimum absolute atomic E-state index is 0.0128. The van der Waals surface area contributed by atoms with Crippen LogP contribution in [0.1, 0.15) is 99.0 Å². The van der Waals surface area contributed by atoms with Crippen LogP contribution in [0.2, 0.25) is 0 Å². The van der Waals surface area contributed by atoms with Crippen molar-refractivity contribution < 1.29 is 68.2 Å². The summed E-state index contributed by atoms with van der Waals surface area (Å²) in [5, 5.41) is 21.8. The maximum absolute atomic E-state index is 14.0. The number of carbonyl (C=O) groups is 5. The van der Waals surface area contributed by atoms with Gasteiger partial charge in [0.2, 0.25) is 33.7 Å². The highest BCUT2D eigenvalue weighted by Crippen LogP contribution is 2.49. The van der Waals surface area contributed by atoms with Gasteiger partial charge >= 0.3 is 5.97 Å². The van der Waals surface area contributed by atoms with Gasteiger partial charge in [-0.25, -0.2) is 13.4 Å². The van der Waals surface area contributed by atoms with Gasteiger partial charge in [-0.2, -0.15) is 21.6 Å². The summed E-state index contributed by atoms with van der Waals surface area (Å²) in [6.45, 7) is 2.66. The lowest BCUT2D eigenvalue weighted by atomic mass is 9.76. The van der Waals surface area contributed by atoms with Gasteiger partial charge in [0.1, 0.15) is 23.4 Å². The topological polar surface area (TPSA) is 339 Å². The molecule has 23 nitrogen and oxygen atoms in total. The van der Waals surface area contributed by atoms with Crippen molar-refractivity contribution in [2.75, 3.05) is 54.2 Å². The van der Waals surface area contributed by atoms with Crippen molar-refractivity contribution >= 4 is 83.1 Å². The predicted molar refractivity (Wildman–Crippen MR) is 404 cm³/mol. The number of hydrogen-bond acceptors (Lipinski definition) is 16. The Morgan fingerprint density at radius 3 is 1.68 bits per heavy atom.